The third-order valence-corrected chi connectivity index (χ3v) is 6.05. The molecule has 8 nitrogen and oxygen atoms in total. The number of benzene rings is 1. The molecule has 0 unspecified atom stereocenters. The molecule has 1 atom stereocenters. The van der Waals surface area contributed by atoms with Crippen LogP contribution in [-0.4, -0.2) is 58.4 Å². The van der Waals surface area contributed by atoms with Gasteiger partial charge in [0.05, 0.1) is 36.9 Å². The molecule has 1 saturated heterocycles. The topological polar surface area (TPSA) is 87.2 Å². The molecule has 10 heteroatoms. The van der Waals surface area contributed by atoms with Gasteiger partial charge in [0, 0.05) is 25.2 Å². The summed E-state index contributed by atoms with van der Waals surface area (Å²) in [6.07, 6.45) is 3.65. The van der Waals surface area contributed by atoms with Gasteiger partial charge < -0.3 is 14.5 Å². The minimum absolute atomic E-state index is 0.0593. The van der Waals surface area contributed by atoms with E-state index < -0.39 is 17.2 Å². The SMILES string of the molecule is CC[C@@]12COCCN1c1nc(-c3cn[nH]c3-c3ccc(F)cc3F)ncc1N(C)C2=O. The Labute approximate surface area is 176 Å². The molecule has 0 radical (unpaired) electrons. The van der Waals surface area contributed by atoms with Gasteiger partial charge in [0.2, 0.25) is 0 Å². The van der Waals surface area contributed by atoms with Crippen LogP contribution in [0.4, 0.5) is 20.3 Å². The van der Waals surface area contributed by atoms with Gasteiger partial charge >= 0.3 is 0 Å². The number of fused-ring (bicyclic) bond motifs is 3. The molecule has 0 spiro atoms. The number of halogens is 2. The standard InChI is InChI=1S/C21H20F2N6O2/c1-3-21-11-31-7-6-29(21)19-16(28(2)20(21)30)10-24-18(26-19)14-9-25-27-17(14)13-5-4-12(22)8-15(13)23/h4-5,8-10H,3,6-7,11H2,1-2H3,(H,25,27)/t21-/m0/s1. The van der Waals surface area contributed by atoms with E-state index in [2.05, 4.69) is 15.2 Å². The average molecular weight is 426 g/mol. The molecule has 5 rings (SSSR count). The largest absolute Gasteiger partial charge is 0.377 e. The normalized spacial score (nSPS) is 20.6. The number of aromatic amines is 1. The van der Waals surface area contributed by atoms with Crippen molar-refractivity contribution in [2.45, 2.75) is 18.9 Å². The number of nitrogens with one attached hydrogen (secondary N) is 1. The number of anilines is 2. The Balaban J connectivity index is 1.64. The molecule has 1 N–H and O–H groups in total. The van der Waals surface area contributed by atoms with Crippen LogP contribution in [-0.2, 0) is 9.53 Å². The van der Waals surface area contributed by atoms with Crippen LogP contribution in [0.3, 0.4) is 0 Å². The zero-order chi connectivity index (χ0) is 21.8. The van der Waals surface area contributed by atoms with Crippen molar-refractivity contribution < 1.29 is 18.3 Å². The highest BCUT2D eigenvalue weighted by Gasteiger charge is 2.52. The molecule has 0 saturated carbocycles. The molecular weight excluding hydrogens is 406 g/mol. The number of likely N-dealkylation sites (N-methyl/N-ethyl adjacent to an activating group) is 1. The Morgan fingerprint density at radius 1 is 1.26 bits per heavy atom. The van der Waals surface area contributed by atoms with Crippen LogP contribution in [0.1, 0.15) is 13.3 Å². The van der Waals surface area contributed by atoms with Crippen molar-refractivity contribution in [2.75, 3.05) is 36.6 Å². The van der Waals surface area contributed by atoms with Gasteiger partial charge in [-0.15, -0.1) is 0 Å². The van der Waals surface area contributed by atoms with E-state index in [1.54, 1.807) is 18.1 Å². The van der Waals surface area contributed by atoms with Gasteiger partial charge in [-0.05, 0) is 18.6 Å². The Morgan fingerprint density at radius 3 is 2.87 bits per heavy atom. The van der Waals surface area contributed by atoms with E-state index in [1.165, 1.54) is 18.3 Å². The van der Waals surface area contributed by atoms with Crippen LogP contribution in [0, 0.1) is 11.6 Å². The first kappa shape index (κ1) is 19.6. The second-order valence-corrected chi connectivity index (χ2v) is 7.64. The van der Waals surface area contributed by atoms with Gasteiger partial charge in [-0.25, -0.2) is 18.7 Å². The summed E-state index contributed by atoms with van der Waals surface area (Å²) in [5.41, 5.74) is 0.757. The quantitative estimate of drug-likeness (QED) is 0.693. The summed E-state index contributed by atoms with van der Waals surface area (Å²) in [7, 11) is 1.70. The fourth-order valence-corrected chi connectivity index (χ4v) is 4.33. The average Bonchev–Trinajstić information content (AvgIpc) is 3.26. The number of morpholine rings is 1. The van der Waals surface area contributed by atoms with Crippen LogP contribution in [0.2, 0.25) is 0 Å². The van der Waals surface area contributed by atoms with Crippen molar-refractivity contribution >= 4 is 17.4 Å². The Morgan fingerprint density at radius 2 is 2.10 bits per heavy atom. The van der Waals surface area contributed by atoms with Crippen molar-refractivity contribution in [2.24, 2.45) is 0 Å². The van der Waals surface area contributed by atoms with E-state index >= 15 is 0 Å². The van der Waals surface area contributed by atoms with E-state index in [9.17, 15) is 13.6 Å². The van der Waals surface area contributed by atoms with Crippen molar-refractivity contribution in [1.82, 2.24) is 20.2 Å². The Kier molecular flexibility index (Phi) is 4.47. The summed E-state index contributed by atoms with van der Waals surface area (Å²) in [5.74, 6) is -0.499. The van der Waals surface area contributed by atoms with Gasteiger partial charge in [-0.1, -0.05) is 6.92 Å². The lowest BCUT2D eigenvalue weighted by Gasteiger charge is -2.51. The number of carbonyl (C=O) groups excluding carboxylic acids is 1. The number of rotatable bonds is 3. The maximum Gasteiger partial charge on any atom is 0.255 e. The summed E-state index contributed by atoms with van der Waals surface area (Å²) < 4.78 is 33.4. The number of amides is 1. The summed E-state index contributed by atoms with van der Waals surface area (Å²) in [6.45, 7) is 3.23. The first-order chi connectivity index (χ1) is 15.0. The molecular formula is C21H20F2N6O2. The Hall–Kier alpha value is -3.40. The van der Waals surface area contributed by atoms with Crippen molar-refractivity contribution in [3.8, 4) is 22.6 Å². The molecule has 2 aliphatic heterocycles. The van der Waals surface area contributed by atoms with Crippen molar-refractivity contribution in [3.05, 3.63) is 42.2 Å². The van der Waals surface area contributed by atoms with E-state index in [-0.39, 0.29) is 18.1 Å². The fraction of sp³-hybridized carbons (Fsp3) is 0.333. The van der Waals surface area contributed by atoms with Gasteiger partial charge in [0.1, 0.15) is 22.9 Å². The van der Waals surface area contributed by atoms with Gasteiger partial charge in [-0.2, -0.15) is 5.10 Å². The highest BCUT2D eigenvalue weighted by Crippen LogP contribution is 2.42. The van der Waals surface area contributed by atoms with Crippen LogP contribution in [0.25, 0.3) is 22.6 Å². The van der Waals surface area contributed by atoms with Crippen LogP contribution in [0.15, 0.2) is 30.6 Å². The predicted octanol–water partition coefficient (Wildman–Crippen LogP) is 2.77. The number of ether oxygens (including phenoxy) is 1. The van der Waals surface area contributed by atoms with Crippen LogP contribution in [0.5, 0.6) is 0 Å². The van der Waals surface area contributed by atoms with Gasteiger partial charge in [0.25, 0.3) is 5.91 Å². The monoisotopic (exact) mass is 426 g/mol. The highest BCUT2D eigenvalue weighted by molar-refractivity contribution is 6.07. The first-order valence-corrected chi connectivity index (χ1v) is 9.96. The number of carbonyl (C=O) groups is 1. The number of hydrogen-bond acceptors (Lipinski definition) is 6. The number of aromatic nitrogens is 4. The lowest BCUT2D eigenvalue weighted by molar-refractivity contribution is -0.128. The molecule has 2 aliphatic rings. The molecule has 0 aliphatic carbocycles. The molecule has 2 aromatic heterocycles. The molecule has 3 aromatic rings. The maximum absolute atomic E-state index is 14.4. The van der Waals surface area contributed by atoms with E-state index in [4.69, 9.17) is 9.72 Å². The molecule has 1 fully saturated rings. The second kappa shape index (κ2) is 7.09. The second-order valence-electron chi connectivity index (χ2n) is 7.64. The maximum atomic E-state index is 14.4. The minimum atomic E-state index is -0.825. The summed E-state index contributed by atoms with van der Waals surface area (Å²) in [6, 6.07) is 3.34. The minimum Gasteiger partial charge on any atom is -0.377 e. The Bertz CT molecular complexity index is 1180. The van der Waals surface area contributed by atoms with Crippen molar-refractivity contribution in [3.63, 3.8) is 0 Å². The van der Waals surface area contributed by atoms with E-state index in [0.717, 1.165) is 6.07 Å². The van der Waals surface area contributed by atoms with Crippen LogP contribution < -0.4 is 9.80 Å². The third kappa shape index (κ3) is 2.82. The molecule has 160 valence electrons. The molecule has 0 bridgehead atoms. The van der Waals surface area contributed by atoms with E-state index in [0.29, 0.717) is 48.2 Å². The van der Waals surface area contributed by atoms with Gasteiger partial charge in [-0.3, -0.25) is 9.89 Å². The predicted molar refractivity (Wildman–Crippen MR) is 110 cm³/mol. The lowest BCUT2D eigenvalue weighted by atomic mass is 9.89. The smallest absolute Gasteiger partial charge is 0.255 e. The highest BCUT2D eigenvalue weighted by atomic mass is 19.1. The zero-order valence-electron chi connectivity index (χ0n) is 17.0. The third-order valence-electron chi connectivity index (χ3n) is 6.05. The summed E-state index contributed by atoms with van der Waals surface area (Å²) in [5, 5.41) is 6.79. The summed E-state index contributed by atoms with van der Waals surface area (Å²) in [4.78, 5) is 25.9. The lowest BCUT2D eigenvalue weighted by Crippen LogP contribution is -2.68. The van der Waals surface area contributed by atoms with Crippen molar-refractivity contribution in [1.29, 1.82) is 0 Å². The molecule has 1 aromatic carbocycles. The molecule has 31 heavy (non-hydrogen) atoms. The first-order valence-electron chi connectivity index (χ1n) is 9.96. The molecule has 4 heterocycles. The zero-order valence-corrected chi connectivity index (χ0v) is 17.0. The fourth-order valence-electron chi connectivity index (χ4n) is 4.33. The number of H-pyrrole nitrogens is 1. The summed E-state index contributed by atoms with van der Waals surface area (Å²) >= 11 is 0. The molecule has 1 amide bonds. The van der Waals surface area contributed by atoms with Crippen LogP contribution >= 0.6 is 0 Å². The van der Waals surface area contributed by atoms with Gasteiger partial charge in [0.15, 0.2) is 11.6 Å². The van der Waals surface area contributed by atoms with E-state index in [1.807, 2.05) is 11.8 Å². The number of hydrogen-bond donors (Lipinski definition) is 1. The number of nitrogens with zero attached hydrogens (tertiary/aromatic N) is 5.